The van der Waals surface area contributed by atoms with Gasteiger partial charge in [-0.25, -0.2) is 4.79 Å². The molecule has 0 aliphatic carbocycles. The minimum atomic E-state index is -0.416. The highest BCUT2D eigenvalue weighted by molar-refractivity contribution is 5.94. The van der Waals surface area contributed by atoms with Gasteiger partial charge in [0.25, 0.3) is 5.91 Å². The van der Waals surface area contributed by atoms with Crippen LogP contribution in [-0.2, 0) is 25.7 Å². The number of hydrogen-bond donors (Lipinski definition) is 1. The Kier molecular flexibility index (Phi) is 12.2. The molecule has 264 valence electrons. The molecule has 4 atom stereocenters. The van der Waals surface area contributed by atoms with E-state index < -0.39 is 12.1 Å². The van der Waals surface area contributed by atoms with Crippen LogP contribution in [-0.4, -0.2) is 79.5 Å². The number of carbonyl (C=O) groups is 4. The van der Waals surface area contributed by atoms with E-state index in [-0.39, 0.29) is 30.5 Å². The Morgan fingerprint density at radius 1 is 0.880 bits per heavy atom. The SMILES string of the molecule is O=CCCCOC(=O)C1CCN(C(=O)c2ccc(COc3cccc([C@@H](NC(=O)O[C@@H]4CC5CCCN(C5)C4)c4ccccc4)c3)cc2)CC1. The van der Waals surface area contributed by atoms with E-state index >= 15 is 0 Å². The van der Waals surface area contributed by atoms with Crippen LogP contribution in [0.15, 0.2) is 78.9 Å². The summed E-state index contributed by atoms with van der Waals surface area (Å²) >= 11 is 0. The van der Waals surface area contributed by atoms with Crippen LogP contribution in [0.4, 0.5) is 4.79 Å². The molecule has 0 radical (unpaired) electrons. The van der Waals surface area contributed by atoms with Crippen LogP contribution in [0, 0.1) is 11.8 Å². The van der Waals surface area contributed by atoms with Crippen LogP contribution in [0.2, 0.25) is 0 Å². The number of esters is 1. The summed E-state index contributed by atoms with van der Waals surface area (Å²) in [5.74, 6) is 0.726. The number of rotatable bonds is 13. The Labute approximate surface area is 294 Å². The van der Waals surface area contributed by atoms with Gasteiger partial charge in [0.15, 0.2) is 0 Å². The highest BCUT2D eigenvalue weighted by Gasteiger charge is 2.33. The van der Waals surface area contributed by atoms with Gasteiger partial charge in [0, 0.05) is 38.2 Å². The van der Waals surface area contributed by atoms with E-state index in [4.69, 9.17) is 14.2 Å². The molecule has 2 amide bonds. The Bertz CT molecular complexity index is 1580. The van der Waals surface area contributed by atoms with Gasteiger partial charge in [0.1, 0.15) is 24.7 Å². The first-order chi connectivity index (χ1) is 24.4. The molecule has 3 aromatic rings. The van der Waals surface area contributed by atoms with E-state index in [1.165, 1.54) is 12.8 Å². The maximum absolute atomic E-state index is 13.2. The molecule has 0 saturated carbocycles. The lowest BCUT2D eigenvalue weighted by atomic mass is 9.88. The fraction of sp³-hybridized carbons (Fsp3) is 0.450. The third-order valence-corrected chi connectivity index (χ3v) is 9.95. The normalized spacial score (nSPS) is 21.0. The number of piperidine rings is 3. The highest BCUT2D eigenvalue weighted by Crippen LogP contribution is 2.29. The van der Waals surface area contributed by atoms with Gasteiger partial charge >= 0.3 is 12.1 Å². The Balaban J connectivity index is 1.02. The molecule has 10 heteroatoms. The van der Waals surface area contributed by atoms with E-state index in [2.05, 4.69) is 10.2 Å². The minimum absolute atomic E-state index is 0.0650. The first-order valence-electron chi connectivity index (χ1n) is 17.9. The zero-order chi connectivity index (χ0) is 34.7. The summed E-state index contributed by atoms with van der Waals surface area (Å²) in [5, 5.41) is 3.12. The predicted molar refractivity (Wildman–Crippen MR) is 188 cm³/mol. The zero-order valence-electron chi connectivity index (χ0n) is 28.5. The number of fused-ring (bicyclic) bond motifs is 2. The van der Waals surface area contributed by atoms with Crippen molar-refractivity contribution < 1.29 is 33.4 Å². The van der Waals surface area contributed by atoms with E-state index in [9.17, 15) is 19.2 Å². The second kappa shape index (κ2) is 17.3. The van der Waals surface area contributed by atoms with Crippen LogP contribution in [0.25, 0.3) is 0 Å². The first kappa shape index (κ1) is 35.1. The number of amides is 2. The molecule has 0 spiro atoms. The van der Waals surface area contributed by atoms with Crippen molar-refractivity contribution in [3.8, 4) is 5.75 Å². The van der Waals surface area contributed by atoms with Gasteiger partial charge in [-0.05, 0) is 91.9 Å². The van der Waals surface area contributed by atoms with Gasteiger partial charge in [-0.2, -0.15) is 0 Å². The fourth-order valence-electron chi connectivity index (χ4n) is 7.29. The molecule has 50 heavy (non-hydrogen) atoms. The van der Waals surface area contributed by atoms with Crippen LogP contribution in [0.3, 0.4) is 0 Å². The van der Waals surface area contributed by atoms with Crippen LogP contribution in [0.5, 0.6) is 5.75 Å². The van der Waals surface area contributed by atoms with Crippen LogP contribution >= 0.6 is 0 Å². The Hall–Kier alpha value is -4.70. The molecular weight excluding hydrogens is 634 g/mol. The molecule has 3 aromatic carbocycles. The van der Waals surface area contributed by atoms with Gasteiger partial charge in [-0.15, -0.1) is 0 Å². The molecule has 0 aromatic heterocycles. The standard InChI is InChI=1S/C40H47N3O7/c44-22-4-5-23-48-39(46)33-17-20-43(21-18-33)38(45)32-15-13-29(14-16-32)28-49-35-12-6-11-34(25-35)37(31-9-2-1-3-10-31)41-40(47)50-36-24-30-8-7-19-42(26-30)27-36/h1-3,6,9-16,22,25,30,33,36-37H,4-5,7-8,17-21,23-24,26-28H2,(H,41,47)/t30?,36-,37+/m1/s1. The molecule has 3 aliphatic heterocycles. The summed E-state index contributed by atoms with van der Waals surface area (Å²) in [6.45, 7) is 4.51. The number of ether oxygens (including phenoxy) is 3. The summed E-state index contributed by atoms with van der Waals surface area (Å²) in [6.07, 6.45) is 5.67. The maximum Gasteiger partial charge on any atom is 0.408 e. The summed E-state index contributed by atoms with van der Waals surface area (Å²) in [7, 11) is 0. The summed E-state index contributed by atoms with van der Waals surface area (Å²) in [6, 6.07) is 24.6. The van der Waals surface area contributed by atoms with Crippen molar-refractivity contribution in [2.24, 2.45) is 11.8 Å². The number of nitrogens with zero attached hydrogens (tertiary/aromatic N) is 2. The monoisotopic (exact) mass is 681 g/mol. The smallest absolute Gasteiger partial charge is 0.408 e. The maximum atomic E-state index is 13.2. The zero-order valence-corrected chi connectivity index (χ0v) is 28.5. The molecule has 3 saturated heterocycles. The number of aldehydes is 1. The third-order valence-electron chi connectivity index (χ3n) is 9.95. The van der Waals surface area contributed by atoms with Crippen molar-refractivity contribution in [1.29, 1.82) is 0 Å². The number of unbranched alkanes of at least 4 members (excludes halogenated alkanes) is 1. The van der Waals surface area contributed by atoms with Crippen molar-refractivity contribution in [1.82, 2.24) is 15.1 Å². The fourth-order valence-corrected chi connectivity index (χ4v) is 7.29. The van der Waals surface area contributed by atoms with Gasteiger partial charge < -0.3 is 29.2 Å². The number of nitrogens with one attached hydrogen (secondary N) is 1. The van der Waals surface area contributed by atoms with Crippen molar-refractivity contribution in [2.75, 3.05) is 39.3 Å². The van der Waals surface area contributed by atoms with Crippen LogP contribution < -0.4 is 10.1 Å². The highest BCUT2D eigenvalue weighted by atomic mass is 16.6. The Morgan fingerprint density at radius 2 is 1.66 bits per heavy atom. The second-order valence-corrected chi connectivity index (χ2v) is 13.6. The lowest BCUT2D eigenvalue weighted by Crippen LogP contribution is -2.49. The van der Waals surface area contributed by atoms with E-state index in [0.717, 1.165) is 49.0 Å². The van der Waals surface area contributed by atoms with Crippen molar-refractivity contribution in [3.05, 3.63) is 101 Å². The Morgan fingerprint density at radius 3 is 2.42 bits per heavy atom. The van der Waals surface area contributed by atoms with Crippen molar-refractivity contribution in [2.45, 2.75) is 63.7 Å². The largest absolute Gasteiger partial charge is 0.489 e. The van der Waals surface area contributed by atoms with Gasteiger partial charge in [-0.1, -0.05) is 54.6 Å². The number of hydrogen-bond acceptors (Lipinski definition) is 8. The number of carbonyl (C=O) groups excluding carboxylic acids is 4. The molecule has 2 bridgehead atoms. The first-order valence-corrected chi connectivity index (χ1v) is 17.9. The summed E-state index contributed by atoms with van der Waals surface area (Å²) in [4.78, 5) is 53.3. The van der Waals surface area contributed by atoms with Crippen LogP contribution in [0.1, 0.15) is 78.0 Å². The topological polar surface area (TPSA) is 114 Å². The van der Waals surface area contributed by atoms with E-state index in [0.29, 0.717) is 62.6 Å². The van der Waals surface area contributed by atoms with Gasteiger partial charge in [0.05, 0.1) is 18.6 Å². The summed E-state index contributed by atoms with van der Waals surface area (Å²) < 4.78 is 17.4. The second-order valence-electron chi connectivity index (χ2n) is 13.6. The molecular formula is C40H47N3O7. The molecule has 3 heterocycles. The summed E-state index contributed by atoms with van der Waals surface area (Å²) in [5.41, 5.74) is 3.33. The van der Waals surface area contributed by atoms with E-state index in [1.807, 2.05) is 78.9 Å². The molecule has 3 aliphatic rings. The minimum Gasteiger partial charge on any atom is -0.489 e. The quantitative estimate of drug-likeness (QED) is 0.134. The molecule has 10 nitrogen and oxygen atoms in total. The average Bonchev–Trinajstić information content (AvgIpc) is 3.15. The lowest BCUT2D eigenvalue weighted by Gasteiger charge is -2.41. The third kappa shape index (κ3) is 9.50. The number of alkyl carbamates (subject to hydrolysis) is 1. The van der Waals surface area contributed by atoms with Gasteiger partial charge in [-0.3, -0.25) is 14.5 Å². The molecule has 1 N–H and O–H groups in total. The number of likely N-dealkylation sites (tertiary alicyclic amines) is 1. The van der Waals surface area contributed by atoms with E-state index in [1.54, 1.807) is 4.90 Å². The predicted octanol–water partition coefficient (Wildman–Crippen LogP) is 5.94. The van der Waals surface area contributed by atoms with Gasteiger partial charge in [0.2, 0.25) is 0 Å². The molecule has 2 unspecified atom stereocenters. The average molecular weight is 682 g/mol. The van der Waals surface area contributed by atoms with Crippen molar-refractivity contribution >= 4 is 24.3 Å². The number of benzene rings is 3. The lowest BCUT2D eigenvalue weighted by molar-refractivity contribution is -0.150. The van der Waals surface area contributed by atoms with Crippen molar-refractivity contribution in [3.63, 3.8) is 0 Å². The molecule has 3 fully saturated rings. The molecule has 6 rings (SSSR count).